The summed E-state index contributed by atoms with van der Waals surface area (Å²) in [6.07, 6.45) is 2.33. The fourth-order valence-electron chi connectivity index (χ4n) is 3.32. The molecule has 0 aromatic rings. The lowest BCUT2D eigenvalue weighted by molar-refractivity contribution is -0.0448. The van der Waals surface area contributed by atoms with Gasteiger partial charge < -0.3 is 10.6 Å². The molecule has 2 atom stereocenters. The van der Waals surface area contributed by atoms with Crippen LogP contribution in [0.1, 0.15) is 40.5 Å². The molecule has 96 valence electrons. The van der Waals surface area contributed by atoms with Crippen LogP contribution >= 0.6 is 0 Å². The van der Waals surface area contributed by atoms with Gasteiger partial charge in [0.15, 0.2) is 0 Å². The quantitative estimate of drug-likeness (QED) is 0.790. The topological polar surface area (TPSA) is 32.5 Å². The molecular formula is C13H29N3. The molecule has 0 spiro atoms. The van der Waals surface area contributed by atoms with Crippen molar-refractivity contribution in [2.75, 3.05) is 26.7 Å². The third-order valence-corrected chi connectivity index (χ3v) is 3.84. The van der Waals surface area contributed by atoms with E-state index in [9.17, 15) is 0 Å². The Bertz CT molecular complexity index is 215. The van der Waals surface area contributed by atoms with Crippen LogP contribution in [-0.2, 0) is 0 Å². The standard InChI is InChI=1S/C13H29N3/c1-6-11(2)16-12(7-8-14)9-15(5)10-13(16,3)4/h11-12H,6-10,14H2,1-5H3. The molecule has 1 saturated heterocycles. The number of piperazine rings is 1. The molecule has 0 saturated carbocycles. The number of likely N-dealkylation sites (N-methyl/N-ethyl adjacent to an activating group) is 1. The highest BCUT2D eigenvalue weighted by molar-refractivity contribution is 4.96. The highest BCUT2D eigenvalue weighted by Gasteiger charge is 2.40. The van der Waals surface area contributed by atoms with Gasteiger partial charge in [0.25, 0.3) is 0 Å². The summed E-state index contributed by atoms with van der Waals surface area (Å²) in [5, 5.41) is 0. The van der Waals surface area contributed by atoms with Gasteiger partial charge in [-0.1, -0.05) is 6.92 Å². The zero-order chi connectivity index (χ0) is 12.3. The number of nitrogens with two attached hydrogens (primary N) is 1. The van der Waals surface area contributed by atoms with Crippen LogP contribution in [0.25, 0.3) is 0 Å². The Hall–Kier alpha value is -0.120. The average molecular weight is 227 g/mol. The second kappa shape index (κ2) is 5.48. The Labute approximate surface area is 101 Å². The summed E-state index contributed by atoms with van der Waals surface area (Å²) in [5.74, 6) is 0. The molecule has 3 heteroatoms. The summed E-state index contributed by atoms with van der Waals surface area (Å²) < 4.78 is 0. The molecular weight excluding hydrogens is 198 g/mol. The van der Waals surface area contributed by atoms with Gasteiger partial charge in [-0.2, -0.15) is 0 Å². The minimum Gasteiger partial charge on any atom is -0.330 e. The molecule has 0 aromatic carbocycles. The Morgan fingerprint density at radius 3 is 2.56 bits per heavy atom. The van der Waals surface area contributed by atoms with E-state index >= 15 is 0 Å². The first-order chi connectivity index (χ1) is 7.42. The Balaban J connectivity index is 2.85. The molecule has 2 N–H and O–H groups in total. The van der Waals surface area contributed by atoms with E-state index in [1.807, 2.05) is 0 Å². The van der Waals surface area contributed by atoms with Gasteiger partial charge in [0, 0.05) is 30.7 Å². The van der Waals surface area contributed by atoms with Crippen LogP contribution in [0.2, 0.25) is 0 Å². The van der Waals surface area contributed by atoms with Crippen LogP contribution in [0, 0.1) is 0 Å². The fraction of sp³-hybridized carbons (Fsp3) is 1.00. The lowest BCUT2D eigenvalue weighted by Gasteiger charge is -2.53. The second-order valence-electron chi connectivity index (χ2n) is 5.90. The lowest BCUT2D eigenvalue weighted by Crippen LogP contribution is -2.65. The maximum absolute atomic E-state index is 5.75. The summed E-state index contributed by atoms with van der Waals surface area (Å²) in [6, 6.07) is 1.27. The Morgan fingerprint density at radius 1 is 1.44 bits per heavy atom. The summed E-state index contributed by atoms with van der Waals surface area (Å²) in [7, 11) is 2.22. The summed E-state index contributed by atoms with van der Waals surface area (Å²) in [6.45, 7) is 12.4. The maximum atomic E-state index is 5.75. The molecule has 0 aromatic heterocycles. The van der Waals surface area contributed by atoms with Crippen molar-refractivity contribution in [3.8, 4) is 0 Å². The molecule has 1 aliphatic rings. The van der Waals surface area contributed by atoms with Crippen molar-refractivity contribution in [1.29, 1.82) is 0 Å². The van der Waals surface area contributed by atoms with E-state index < -0.39 is 0 Å². The monoisotopic (exact) mass is 227 g/mol. The second-order valence-corrected chi connectivity index (χ2v) is 5.90. The number of nitrogens with zero attached hydrogens (tertiary/aromatic N) is 2. The van der Waals surface area contributed by atoms with E-state index in [4.69, 9.17) is 5.73 Å². The average Bonchev–Trinajstić information content (AvgIpc) is 2.15. The molecule has 0 aliphatic carbocycles. The highest BCUT2D eigenvalue weighted by atomic mass is 15.3. The normalized spacial score (nSPS) is 29.2. The first-order valence-electron chi connectivity index (χ1n) is 6.59. The van der Waals surface area contributed by atoms with Crippen molar-refractivity contribution in [3.05, 3.63) is 0 Å². The molecule has 1 aliphatic heterocycles. The molecule has 3 nitrogen and oxygen atoms in total. The van der Waals surface area contributed by atoms with Crippen molar-refractivity contribution < 1.29 is 0 Å². The van der Waals surface area contributed by atoms with Gasteiger partial charge in [0.2, 0.25) is 0 Å². The van der Waals surface area contributed by atoms with Gasteiger partial charge >= 0.3 is 0 Å². The van der Waals surface area contributed by atoms with Gasteiger partial charge in [-0.3, -0.25) is 4.90 Å². The molecule has 0 bridgehead atoms. The van der Waals surface area contributed by atoms with Crippen LogP contribution in [-0.4, -0.2) is 54.1 Å². The molecule has 1 fully saturated rings. The Morgan fingerprint density at radius 2 is 2.06 bits per heavy atom. The number of rotatable bonds is 4. The van der Waals surface area contributed by atoms with Crippen LogP contribution in [0.3, 0.4) is 0 Å². The zero-order valence-corrected chi connectivity index (χ0v) is 11.7. The van der Waals surface area contributed by atoms with E-state index in [0.717, 1.165) is 26.1 Å². The van der Waals surface area contributed by atoms with E-state index in [-0.39, 0.29) is 5.54 Å². The van der Waals surface area contributed by atoms with E-state index in [1.165, 1.54) is 6.42 Å². The van der Waals surface area contributed by atoms with E-state index in [1.54, 1.807) is 0 Å². The van der Waals surface area contributed by atoms with Crippen molar-refractivity contribution in [2.45, 2.75) is 58.2 Å². The van der Waals surface area contributed by atoms with Crippen LogP contribution in [0.15, 0.2) is 0 Å². The third kappa shape index (κ3) is 2.96. The lowest BCUT2D eigenvalue weighted by atomic mass is 9.91. The predicted octanol–water partition coefficient (Wildman–Crippen LogP) is 1.53. The fourth-order valence-corrected chi connectivity index (χ4v) is 3.32. The number of hydrogen-bond donors (Lipinski definition) is 1. The SMILES string of the molecule is CCC(C)N1C(CCN)CN(C)CC1(C)C. The van der Waals surface area contributed by atoms with Gasteiger partial charge in [-0.05, 0) is 47.2 Å². The molecule has 0 radical (unpaired) electrons. The van der Waals surface area contributed by atoms with Gasteiger partial charge in [0.1, 0.15) is 0 Å². The predicted molar refractivity (Wildman–Crippen MR) is 70.6 cm³/mol. The molecule has 16 heavy (non-hydrogen) atoms. The van der Waals surface area contributed by atoms with Gasteiger partial charge in [-0.25, -0.2) is 0 Å². The van der Waals surface area contributed by atoms with Crippen molar-refractivity contribution in [3.63, 3.8) is 0 Å². The molecule has 0 amide bonds. The van der Waals surface area contributed by atoms with Crippen LogP contribution in [0.5, 0.6) is 0 Å². The highest BCUT2D eigenvalue weighted by Crippen LogP contribution is 2.29. The summed E-state index contributed by atoms with van der Waals surface area (Å²) in [5.41, 5.74) is 6.02. The van der Waals surface area contributed by atoms with Gasteiger partial charge in [-0.15, -0.1) is 0 Å². The zero-order valence-electron chi connectivity index (χ0n) is 11.7. The van der Waals surface area contributed by atoms with Crippen molar-refractivity contribution in [2.24, 2.45) is 5.73 Å². The first kappa shape index (κ1) is 13.9. The Kier molecular flexibility index (Phi) is 4.77. The molecule has 2 unspecified atom stereocenters. The van der Waals surface area contributed by atoms with Crippen molar-refractivity contribution >= 4 is 0 Å². The molecule has 1 heterocycles. The van der Waals surface area contributed by atoms with Gasteiger partial charge in [0.05, 0.1) is 0 Å². The van der Waals surface area contributed by atoms with Crippen LogP contribution < -0.4 is 5.73 Å². The third-order valence-electron chi connectivity index (χ3n) is 3.84. The molecule has 1 rings (SSSR count). The smallest absolute Gasteiger partial charge is 0.0286 e. The number of hydrogen-bond acceptors (Lipinski definition) is 3. The minimum absolute atomic E-state index is 0.266. The van der Waals surface area contributed by atoms with Crippen molar-refractivity contribution in [1.82, 2.24) is 9.80 Å². The maximum Gasteiger partial charge on any atom is 0.0286 e. The minimum atomic E-state index is 0.266. The summed E-state index contributed by atoms with van der Waals surface area (Å²) >= 11 is 0. The van der Waals surface area contributed by atoms with Crippen LogP contribution in [0.4, 0.5) is 0 Å². The largest absolute Gasteiger partial charge is 0.330 e. The first-order valence-corrected chi connectivity index (χ1v) is 6.59. The summed E-state index contributed by atoms with van der Waals surface area (Å²) in [4.78, 5) is 5.14. The van der Waals surface area contributed by atoms with E-state index in [0.29, 0.717) is 12.1 Å². The van der Waals surface area contributed by atoms with E-state index in [2.05, 4.69) is 44.5 Å².